The summed E-state index contributed by atoms with van der Waals surface area (Å²) in [5.41, 5.74) is 0.700. The van der Waals surface area contributed by atoms with E-state index in [9.17, 15) is 8.42 Å². The van der Waals surface area contributed by atoms with Crippen LogP contribution in [0.15, 0.2) is 63.9 Å². The fourth-order valence-electron chi connectivity index (χ4n) is 1.69. The Morgan fingerprint density at radius 2 is 1.62 bits per heavy atom. The van der Waals surface area contributed by atoms with E-state index in [2.05, 4.69) is 4.40 Å². The molecule has 0 aliphatic carbocycles. The van der Waals surface area contributed by atoms with E-state index in [0.29, 0.717) is 5.56 Å². The van der Waals surface area contributed by atoms with Gasteiger partial charge in [0.1, 0.15) is 5.75 Å². The van der Waals surface area contributed by atoms with Crippen LogP contribution in [0.2, 0.25) is 0 Å². The molecule has 0 saturated heterocycles. The third-order valence-electron chi connectivity index (χ3n) is 2.63. The van der Waals surface area contributed by atoms with Crippen LogP contribution in [-0.2, 0) is 10.0 Å². The molecule has 0 atom stereocenters. The van der Waals surface area contributed by atoms with Gasteiger partial charge in [-0.25, -0.2) is 0 Å². The van der Waals surface area contributed by atoms with Crippen LogP contribution in [-0.4, -0.2) is 20.7 Å². The molecular formula is C16H17NO3S. The first-order chi connectivity index (χ1) is 9.97. The number of ether oxygens (including phenoxy) is 1. The molecule has 2 aromatic carbocycles. The van der Waals surface area contributed by atoms with Crippen molar-refractivity contribution in [2.24, 2.45) is 4.40 Å². The Balaban J connectivity index is 2.14. The summed E-state index contributed by atoms with van der Waals surface area (Å²) in [6.07, 6.45) is 1.43. The van der Waals surface area contributed by atoms with E-state index in [1.54, 1.807) is 42.5 Å². The average Bonchev–Trinajstić information content (AvgIpc) is 2.47. The molecule has 0 aromatic heterocycles. The van der Waals surface area contributed by atoms with E-state index in [1.807, 2.05) is 13.8 Å². The summed E-state index contributed by atoms with van der Waals surface area (Å²) in [6, 6.07) is 15.2. The SMILES string of the molecule is CC(C)Oc1ccc(/C=N\S(=O)(=O)c2ccccc2)cc1. The van der Waals surface area contributed by atoms with Gasteiger partial charge in [-0.1, -0.05) is 18.2 Å². The molecule has 0 N–H and O–H groups in total. The fraction of sp³-hybridized carbons (Fsp3) is 0.188. The summed E-state index contributed by atoms with van der Waals surface area (Å²) in [5, 5.41) is 0. The van der Waals surface area contributed by atoms with Crippen molar-refractivity contribution in [2.45, 2.75) is 24.8 Å². The van der Waals surface area contributed by atoms with E-state index in [4.69, 9.17) is 4.74 Å². The van der Waals surface area contributed by atoms with E-state index in [1.165, 1.54) is 18.3 Å². The number of hydrogen-bond donors (Lipinski definition) is 0. The molecule has 110 valence electrons. The quantitative estimate of drug-likeness (QED) is 0.796. The lowest BCUT2D eigenvalue weighted by Crippen LogP contribution is -2.05. The molecule has 0 aliphatic rings. The maximum atomic E-state index is 12.0. The normalized spacial score (nSPS) is 12.0. The van der Waals surface area contributed by atoms with Gasteiger partial charge in [-0.05, 0) is 55.8 Å². The Morgan fingerprint density at radius 3 is 2.19 bits per heavy atom. The predicted octanol–water partition coefficient (Wildman–Crippen LogP) is 3.28. The molecule has 0 fully saturated rings. The summed E-state index contributed by atoms with van der Waals surface area (Å²) in [5.74, 6) is 0.744. The number of hydrogen-bond acceptors (Lipinski definition) is 3. The summed E-state index contributed by atoms with van der Waals surface area (Å²) in [7, 11) is -3.65. The minimum absolute atomic E-state index is 0.1000. The van der Waals surface area contributed by atoms with Gasteiger partial charge in [-0.2, -0.15) is 12.8 Å². The van der Waals surface area contributed by atoms with E-state index < -0.39 is 10.0 Å². The molecule has 0 heterocycles. The van der Waals surface area contributed by atoms with Crippen LogP contribution < -0.4 is 4.74 Å². The Hall–Kier alpha value is -2.14. The van der Waals surface area contributed by atoms with Gasteiger partial charge in [0.25, 0.3) is 10.0 Å². The van der Waals surface area contributed by atoms with Crippen molar-refractivity contribution in [3.8, 4) is 5.75 Å². The van der Waals surface area contributed by atoms with Crippen LogP contribution in [0.1, 0.15) is 19.4 Å². The van der Waals surface area contributed by atoms with Gasteiger partial charge >= 0.3 is 0 Å². The Labute approximate surface area is 125 Å². The number of rotatable bonds is 5. The zero-order valence-electron chi connectivity index (χ0n) is 11.9. The molecule has 5 heteroatoms. The minimum atomic E-state index is -3.65. The van der Waals surface area contributed by atoms with Gasteiger partial charge in [0, 0.05) is 6.21 Å². The number of sulfonamides is 1. The largest absolute Gasteiger partial charge is 0.491 e. The van der Waals surface area contributed by atoms with Crippen molar-refractivity contribution in [2.75, 3.05) is 0 Å². The van der Waals surface area contributed by atoms with E-state index in [-0.39, 0.29) is 11.0 Å². The molecular weight excluding hydrogens is 286 g/mol. The highest BCUT2D eigenvalue weighted by atomic mass is 32.2. The Morgan fingerprint density at radius 1 is 1.00 bits per heavy atom. The molecule has 0 unspecified atom stereocenters. The van der Waals surface area contributed by atoms with Gasteiger partial charge in [0.15, 0.2) is 0 Å². The molecule has 0 aliphatic heterocycles. The first-order valence-electron chi connectivity index (χ1n) is 6.59. The Bertz CT molecular complexity index is 705. The van der Waals surface area contributed by atoms with Crippen molar-refractivity contribution in [3.63, 3.8) is 0 Å². The van der Waals surface area contributed by atoms with Crippen LogP contribution in [0.3, 0.4) is 0 Å². The molecule has 4 nitrogen and oxygen atoms in total. The lowest BCUT2D eigenvalue weighted by Gasteiger charge is -2.09. The summed E-state index contributed by atoms with van der Waals surface area (Å²) in [4.78, 5) is 0.181. The van der Waals surface area contributed by atoms with Crippen molar-refractivity contribution in [3.05, 3.63) is 60.2 Å². The highest BCUT2D eigenvalue weighted by molar-refractivity contribution is 7.90. The molecule has 2 aromatic rings. The van der Waals surface area contributed by atoms with E-state index >= 15 is 0 Å². The zero-order valence-corrected chi connectivity index (χ0v) is 12.7. The van der Waals surface area contributed by atoms with Crippen LogP contribution in [0, 0.1) is 0 Å². The summed E-state index contributed by atoms with van der Waals surface area (Å²) >= 11 is 0. The van der Waals surface area contributed by atoms with Gasteiger partial charge in [-0.3, -0.25) is 0 Å². The predicted molar refractivity (Wildman–Crippen MR) is 83.4 cm³/mol. The van der Waals surface area contributed by atoms with Gasteiger partial charge in [0.05, 0.1) is 11.0 Å². The molecule has 0 spiro atoms. The number of nitrogens with zero attached hydrogens (tertiary/aromatic N) is 1. The molecule has 0 bridgehead atoms. The highest BCUT2D eigenvalue weighted by Crippen LogP contribution is 2.14. The Kier molecular flexibility index (Phi) is 4.75. The smallest absolute Gasteiger partial charge is 0.282 e. The summed E-state index contributed by atoms with van der Waals surface area (Å²) < 4.78 is 33.2. The first-order valence-corrected chi connectivity index (χ1v) is 8.03. The maximum Gasteiger partial charge on any atom is 0.282 e. The van der Waals surface area contributed by atoms with Crippen LogP contribution >= 0.6 is 0 Å². The van der Waals surface area contributed by atoms with Gasteiger partial charge in [-0.15, -0.1) is 0 Å². The third-order valence-corrected chi connectivity index (χ3v) is 3.88. The van der Waals surface area contributed by atoms with Gasteiger partial charge in [0.2, 0.25) is 0 Å². The second-order valence-electron chi connectivity index (χ2n) is 4.76. The van der Waals surface area contributed by atoms with Crippen LogP contribution in [0.25, 0.3) is 0 Å². The molecule has 0 amide bonds. The topological polar surface area (TPSA) is 55.7 Å². The standard InChI is InChI=1S/C16H17NO3S/c1-13(2)20-15-10-8-14(9-11-15)12-17-21(18,19)16-6-4-3-5-7-16/h3-13H,1-2H3/b17-12-. The molecule has 0 saturated carbocycles. The zero-order chi connectivity index (χ0) is 15.3. The van der Waals surface area contributed by atoms with Crippen molar-refractivity contribution in [1.29, 1.82) is 0 Å². The van der Waals surface area contributed by atoms with Crippen LogP contribution in [0.4, 0.5) is 0 Å². The molecule has 2 rings (SSSR count). The molecule has 0 radical (unpaired) electrons. The van der Waals surface area contributed by atoms with Crippen molar-refractivity contribution >= 4 is 16.2 Å². The lowest BCUT2D eigenvalue weighted by atomic mass is 10.2. The minimum Gasteiger partial charge on any atom is -0.491 e. The van der Waals surface area contributed by atoms with E-state index in [0.717, 1.165) is 5.75 Å². The first kappa shape index (κ1) is 15.3. The summed E-state index contributed by atoms with van der Waals surface area (Å²) in [6.45, 7) is 3.89. The second kappa shape index (κ2) is 6.54. The lowest BCUT2D eigenvalue weighted by molar-refractivity contribution is 0.242. The third kappa shape index (κ3) is 4.43. The monoisotopic (exact) mass is 303 g/mol. The maximum absolute atomic E-state index is 12.0. The molecule has 21 heavy (non-hydrogen) atoms. The number of benzene rings is 2. The van der Waals surface area contributed by atoms with Crippen LogP contribution in [0.5, 0.6) is 5.75 Å². The van der Waals surface area contributed by atoms with Gasteiger partial charge < -0.3 is 4.74 Å². The average molecular weight is 303 g/mol. The fourth-order valence-corrected chi connectivity index (χ4v) is 2.57. The second-order valence-corrected chi connectivity index (χ2v) is 6.39. The van der Waals surface area contributed by atoms with Crippen molar-refractivity contribution < 1.29 is 13.2 Å². The highest BCUT2D eigenvalue weighted by Gasteiger charge is 2.10. The van der Waals surface area contributed by atoms with Crippen molar-refractivity contribution in [1.82, 2.24) is 0 Å².